The molecule has 0 saturated carbocycles. The first-order valence-corrected chi connectivity index (χ1v) is 8.58. The Morgan fingerprint density at radius 1 is 1.16 bits per heavy atom. The Morgan fingerprint density at radius 2 is 1.96 bits per heavy atom. The van der Waals surface area contributed by atoms with Gasteiger partial charge in [-0.1, -0.05) is 30.3 Å². The summed E-state index contributed by atoms with van der Waals surface area (Å²) in [5.41, 5.74) is 3.34. The summed E-state index contributed by atoms with van der Waals surface area (Å²) >= 11 is 0. The number of nitrogens with zero attached hydrogens (tertiary/aromatic N) is 2. The van der Waals surface area contributed by atoms with Crippen molar-refractivity contribution < 1.29 is 9.47 Å². The van der Waals surface area contributed by atoms with Crippen LogP contribution in [0.15, 0.2) is 48.5 Å². The lowest BCUT2D eigenvalue weighted by Crippen LogP contribution is -2.14. The maximum absolute atomic E-state index is 5.99. The molecule has 132 valence electrons. The Bertz CT molecular complexity index is 841. The summed E-state index contributed by atoms with van der Waals surface area (Å²) < 4.78 is 14.1. The average molecular weight is 359 g/mol. The van der Waals surface area contributed by atoms with Gasteiger partial charge in [-0.15, -0.1) is 12.4 Å². The first-order valence-electron chi connectivity index (χ1n) is 8.58. The molecule has 3 aromatic rings. The maximum atomic E-state index is 5.99. The molecule has 25 heavy (non-hydrogen) atoms. The number of imidazole rings is 1. The van der Waals surface area contributed by atoms with Gasteiger partial charge in [-0.2, -0.15) is 0 Å². The Hall–Kier alpha value is -2.04. The van der Waals surface area contributed by atoms with Crippen LogP contribution in [0.1, 0.15) is 30.3 Å². The summed E-state index contributed by atoms with van der Waals surface area (Å²) in [7, 11) is 0. The second kappa shape index (κ2) is 7.89. The molecule has 5 heteroatoms. The van der Waals surface area contributed by atoms with E-state index in [0.29, 0.717) is 6.61 Å². The van der Waals surface area contributed by atoms with E-state index in [1.807, 2.05) is 24.3 Å². The van der Waals surface area contributed by atoms with Crippen molar-refractivity contribution in [3.8, 4) is 5.75 Å². The zero-order valence-corrected chi connectivity index (χ0v) is 15.2. The van der Waals surface area contributed by atoms with Crippen molar-refractivity contribution in [2.75, 3.05) is 13.2 Å². The second-order valence-corrected chi connectivity index (χ2v) is 6.23. The molecule has 4 rings (SSSR count). The fraction of sp³-hybridized carbons (Fsp3) is 0.350. The molecule has 1 aliphatic heterocycles. The lowest BCUT2D eigenvalue weighted by Gasteiger charge is -2.15. The maximum Gasteiger partial charge on any atom is 0.139 e. The molecular weight excluding hydrogens is 336 g/mol. The van der Waals surface area contributed by atoms with Gasteiger partial charge in [0.25, 0.3) is 0 Å². The third-order valence-electron chi connectivity index (χ3n) is 4.57. The number of benzene rings is 2. The molecule has 0 radical (unpaired) electrons. The van der Waals surface area contributed by atoms with Crippen LogP contribution in [0.4, 0.5) is 0 Å². The number of para-hydroxylation sites is 3. The van der Waals surface area contributed by atoms with Crippen LogP contribution in [0.5, 0.6) is 5.75 Å². The standard InChI is InChI=1S/C20H22N2O2.ClH/c1-15-7-2-5-10-18(15)24-14-12-22-17-9-4-3-8-16(17)21-20(22)19-11-6-13-23-19;/h2-5,7-10,19H,6,11-14H2,1H3;1H. The van der Waals surface area contributed by atoms with Gasteiger partial charge in [0.2, 0.25) is 0 Å². The fourth-order valence-corrected chi connectivity index (χ4v) is 3.32. The highest BCUT2D eigenvalue weighted by Crippen LogP contribution is 2.30. The Labute approximate surface area is 154 Å². The predicted molar refractivity (Wildman–Crippen MR) is 102 cm³/mol. The highest BCUT2D eigenvalue weighted by atomic mass is 35.5. The lowest BCUT2D eigenvalue weighted by molar-refractivity contribution is 0.101. The number of halogens is 1. The molecule has 1 aliphatic rings. The van der Waals surface area contributed by atoms with Crippen LogP contribution < -0.4 is 4.74 Å². The summed E-state index contributed by atoms with van der Waals surface area (Å²) in [6, 6.07) is 16.4. The largest absolute Gasteiger partial charge is 0.491 e. The Kier molecular flexibility index (Phi) is 5.61. The van der Waals surface area contributed by atoms with Gasteiger partial charge in [0.1, 0.15) is 24.3 Å². The molecule has 1 atom stereocenters. The number of fused-ring (bicyclic) bond motifs is 1. The first-order chi connectivity index (χ1) is 11.8. The first kappa shape index (κ1) is 17.8. The second-order valence-electron chi connectivity index (χ2n) is 6.23. The van der Waals surface area contributed by atoms with Crippen molar-refractivity contribution in [2.45, 2.75) is 32.4 Å². The predicted octanol–water partition coefficient (Wildman–Crippen LogP) is 4.70. The molecule has 1 unspecified atom stereocenters. The van der Waals surface area contributed by atoms with Crippen molar-refractivity contribution in [3.05, 3.63) is 59.9 Å². The number of rotatable bonds is 5. The molecular formula is C20H23ClN2O2. The number of hydrogen-bond donors (Lipinski definition) is 0. The van der Waals surface area contributed by atoms with Crippen LogP contribution in [-0.2, 0) is 11.3 Å². The van der Waals surface area contributed by atoms with Gasteiger partial charge < -0.3 is 14.0 Å². The van der Waals surface area contributed by atoms with Crippen LogP contribution in [0.2, 0.25) is 0 Å². The smallest absolute Gasteiger partial charge is 0.139 e. The Morgan fingerprint density at radius 3 is 2.76 bits per heavy atom. The quantitative estimate of drug-likeness (QED) is 0.663. The number of hydrogen-bond acceptors (Lipinski definition) is 3. The third kappa shape index (κ3) is 3.65. The SMILES string of the molecule is Cc1ccccc1OCCn1c(C2CCCO2)nc2ccccc21.Cl. The van der Waals surface area contributed by atoms with Crippen molar-refractivity contribution in [3.63, 3.8) is 0 Å². The molecule has 0 spiro atoms. The van der Waals surface area contributed by atoms with Crippen molar-refractivity contribution >= 4 is 23.4 Å². The summed E-state index contributed by atoms with van der Waals surface area (Å²) in [5.74, 6) is 1.97. The van der Waals surface area contributed by atoms with Crippen LogP contribution >= 0.6 is 12.4 Å². The molecule has 0 amide bonds. The van der Waals surface area contributed by atoms with Gasteiger partial charge in [0.05, 0.1) is 17.6 Å². The van der Waals surface area contributed by atoms with E-state index in [1.165, 1.54) is 0 Å². The van der Waals surface area contributed by atoms with E-state index in [0.717, 1.165) is 54.2 Å². The van der Waals surface area contributed by atoms with Gasteiger partial charge in [-0.05, 0) is 43.5 Å². The summed E-state index contributed by atoms with van der Waals surface area (Å²) in [6.45, 7) is 4.28. The van der Waals surface area contributed by atoms with E-state index in [-0.39, 0.29) is 18.5 Å². The highest BCUT2D eigenvalue weighted by molar-refractivity contribution is 5.85. The number of aryl methyl sites for hydroxylation is 1. The van der Waals surface area contributed by atoms with Crippen LogP contribution in [-0.4, -0.2) is 22.8 Å². The summed E-state index contributed by atoms with van der Waals surface area (Å²) in [4.78, 5) is 4.82. The van der Waals surface area contributed by atoms with Crippen molar-refractivity contribution in [1.82, 2.24) is 9.55 Å². The zero-order valence-electron chi connectivity index (χ0n) is 14.4. The summed E-state index contributed by atoms with van der Waals surface area (Å²) in [5, 5.41) is 0. The van der Waals surface area contributed by atoms with Crippen LogP contribution in [0, 0.1) is 6.92 Å². The lowest BCUT2D eigenvalue weighted by atomic mass is 10.2. The monoisotopic (exact) mass is 358 g/mol. The molecule has 0 aliphatic carbocycles. The molecule has 4 nitrogen and oxygen atoms in total. The molecule has 2 aromatic carbocycles. The molecule has 2 heterocycles. The molecule has 0 N–H and O–H groups in total. The van der Waals surface area contributed by atoms with Gasteiger partial charge in [0.15, 0.2) is 0 Å². The van der Waals surface area contributed by atoms with E-state index >= 15 is 0 Å². The minimum absolute atomic E-state index is 0. The molecule has 0 bridgehead atoms. The van der Waals surface area contributed by atoms with E-state index in [9.17, 15) is 0 Å². The zero-order chi connectivity index (χ0) is 16.4. The van der Waals surface area contributed by atoms with E-state index in [4.69, 9.17) is 14.5 Å². The molecule has 1 aromatic heterocycles. The van der Waals surface area contributed by atoms with Gasteiger partial charge in [-0.25, -0.2) is 4.98 Å². The number of aromatic nitrogens is 2. The normalized spacial score (nSPS) is 16.8. The number of ether oxygens (including phenoxy) is 2. The van der Waals surface area contributed by atoms with Gasteiger partial charge in [-0.3, -0.25) is 0 Å². The van der Waals surface area contributed by atoms with Gasteiger partial charge >= 0.3 is 0 Å². The Balaban J connectivity index is 0.00000182. The fourth-order valence-electron chi connectivity index (χ4n) is 3.32. The van der Waals surface area contributed by atoms with E-state index in [1.54, 1.807) is 0 Å². The minimum Gasteiger partial charge on any atom is -0.491 e. The van der Waals surface area contributed by atoms with Crippen LogP contribution in [0.3, 0.4) is 0 Å². The average Bonchev–Trinajstić information content (AvgIpc) is 3.24. The van der Waals surface area contributed by atoms with Crippen molar-refractivity contribution in [2.24, 2.45) is 0 Å². The van der Waals surface area contributed by atoms with Crippen LogP contribution in [0.25, 0.3) is 11.0 Å². The van der Waals surface area contributed by atoms with Gasteiger partial charge in [0, 0.05) is 6.61 Å². The third-order valence-corrected chi connectivity index (χ3v) is 4.57. The molecule has 1 fully saturated rings. The summed E-state index contributed by atoms with van der Waals surface area (Å²) in [6.07, 6.45) is 2.26. The van der Waals surface area contributed by atoms with E-state index < -0.39 is 0 Å². The minimum atomic E-state index is 0. The highest BCUT2D eigenvalue weighted by Gasteiger charge is 2.24. The van der Waals surface area contributed by atoms with E-state index in [2.05, 4.69) is 35.8 Å². The molecule has 1 saturated heterocycles. The topological polar surface area (TPSA) is 36.3 Å². The van der Waals surface area contributed by atoms with Crippen molar-refractivity contribution in [1.29, 1.82) is 0 Å².